The Morgan fingerprint density at radius 1 is 1.45 bits per heavy atom. The van der Waals surface area contributed by atoms with Crippen molar-refractivity contribution in [3.63, 3.8) is 0 Å². The lowest BCUT2D eigenvalue weighted by atomic mass is 10.1. The molecular weight excluding hydrogens is 252 g/mol. The Kier molecular flexibility index (Phi) is 4.49. The Balaban J connectivity index is 2.29. The average Bonchev–Trinajstić information content (AvgIpc) is 2.42. The number of amides is 1. The molecule has 5 heteroatoms. The lowest BCUT2D eigenvalue weighted by Crippen LogP contribution is -2.50. The Bertz CT molecular complexity index is 489. The standard InChI is InChI=1S/C15H24N4O/c1-4-17-15(20)13-6-5-12(16)9-14(13)19-8-7-18(3)11(2)10-19/h5-6,9,11H,4,7-8,10,16H2,1-3H3,(H,17,20). The summed E-state index contributed by atoms with van der Waals surface area (Å²) in [6.45, 7) is 7.56. The summed E-state index contributed by atoms with van der Waals surface area (Å²) in [6.07, 6.45) is 0. The van der Waals surface area contributed by atoms with E-state index in [0.29, 0.717) is 23.8 Å². The van der Waals surface area contributed by atoms with Gasteiger partial charge in [-0.05, 0) is 39.1 Å². The normalized spacial score (nSPS) is 19.9. The first-order valence-corrected chi connectivity index (χ1v) is 7.15. The molecule has 2 rings (SSSR count). The van der Waals surface area contributed by atoms with E-state index < -0.39 is 0 Å². The third kappa shape index (κ3) is 3.04. The van der Waals surface area contributed by atoms with E-state index in [1.54, 1.807) is 6.07 Å². The zero-order valence-corrected chi connectivity index (χ0v) is 12.5. The first-order valence-electron chi connectivity index (χ1n) is 7.15. The van der Waals surface area contributed by atoms with Crippen molar-refractivity contribution in [2.75, 3.05) is 43.9 Å². The second kappa shape index (κ2) is 6.13. The monoisotopic (exact) mass is 276 g/mol. The first-order chi connectivity index (χ1) is 9.52. The van der Waals surface area contributed by atoms with Gasteiger partial charge in [-0.3, -0.25) is 4.79 Å². The third-order valence-corrected chi connectivity index (χ3v) is 3.90. The number of anilines is 2. The highest BCUT2D eigenvalue weighted by Crippen LogP contribution is 2.26. The molecule has 1 aromatic carbocycles. The molecule has 0 bridgehead atoms. The minimum atomic E-state index is -0.0333. The van der Waals surface area contributed by atoms with Crippen LogP contribution in [0.15, 0.2) is 18.2 Å². The van der Waals surface area contributed by atoms with Crippen molar-refractivity contribution in [3.8, 4) is 0 Å². The van der Waals surface area contributed by atoms with Crippen molar-refractivity contribution in [1.82, 2.24) is 10.2 Å². The van der Waals surface area contributed by atoms with Gasteiger partial charge in [0.1, 0.15) is 0 Å². The molecule has 110 valence electrons. The second-order valence-electron chi connectivity index (χ2n) is 5.41. The summed E-state index contributed by atoms with van der Waals surface area (Å²) in [6, 6.07) is 5.97. The van der Waals surface area contributed by atoms with E-state index in [-0.39, 0.29) is 5.91 Å². The van der Waals surface area contributed by atoms with E-state index in [1.807, 2.05) is 19.1 Å². The highest BCUT2D eigenvalue weighted by molar-refractivity contribution is 6.00. The van der Waals surface area contributed by atoms with Crippen LogP contribution in [0, 0.1) is 0 Å². The van der Waals surface area contributed by atoms with Gasteiger partial charge in [0.15, 0.2) is 0 Å². The predicted octanol–water partition coefficient (Wildman–Crippen LogP) is 1.16. The maximum atomic E-state index is 12.2. The Labute approximate surface area is 120 Å². The molecular formula is C15H24N4O. The van der Waals surface area contributed by atoms with Gasteiger partial charge in [0.05, 0.1) is 11.3 Å². The average molecular weight is 276 g/mol. The molecule has 0 spiro atoms. The van der Waals surface area contributed by atoms with Crippen molar-refractivity contribution in [2.45, 2.75) is 19.9 Å². The number of nitrogen functional groups attached to an aromatic ring is 1. The van der Waals surface area contributed by atoms with Gasteiger partial charge in [0.25, 0.3) is 5.91 Å². The first kappa shape index (κ1) is 14.7. The fraction of sp³-hybridized carbons (Fsp3) is 0.533. The molecule has 5 nitrogen and oxygen atoms in total. The maximum absolute atomic E-state index is 12.2. The molecule has 3 N–H and O–H groups in total. The topological polar surface area (TPSA) is 61.6 Å². The van der Waals surface area contributed by atoms with Gasteiger partial charge in [0.2, 0.25) is 0 Å². The minimum absolute atomic E-state index is 0.0333. The van der Waals surface area contributed by atoms with Gasteiger partial charge < -0.3 is 20.9 Å². The molecule has 0 radical (unpaired) electrons. The van der Waals surface area contributed by atoms with Crippen LogP contribution in [-0.4, -0.2) is 50.1 Å². The molecule has 0 aliphatic carbocycles. The SMILES string of the molecule is CCNC(=O)c1ccc(N)cc1N1CCN(C)C(C)C1. The van der Waals surface area contributed by atoms with Crippen LogP contribution in [0.4, 0.5) is 11.4 Å². The number of carbonyl (C=O) groups excluding carboxylic acids is 1. The molecule has 1 fully saturated rings. The highest BCUT2D eigenvalue weighted by Gasteiger charge is 2.24. The number of hydrogen-bond donors (Lipinski definition) is 2. The summed E-state index contributed by atoms with van der Waals surface area (Å²) in [5.74, 6) is -0.0333. The van der Waals surface area contributed by atoms with Crippen molar-refractivity contribution in [2.24, 2.45) is 0 Å². The van der Waals surface area contributed by atoms with Crippen LogP contribution in [-0.2, 0) is 0 Å². The number of nitrogens with zero attached hydrogens (tertiary/aromatic N) is 2. The number of likely N-dealkylation sites (N-methyl/N-ethyl adjacent to an activating group) is 1. The predicted molar refractivity (Wildman–Crippen MR) is 83.2 cm³/mol. The van der Waals surface area contributed by atoms with Crippen LogP contribution in [0.2, 0.25) is 0 Å². The summed E-state index contributed by atoms with van der Waals surface area (Å²) >= 11 is 0. The van der Waals surface area contributed by atoms with E-state index >= 15 is 0 Å². The van der Waals surface area contributed by atoms with Crippen molar-refractivity contribution < 1.29 is 4.79 Å². The summed E-state index contributed by atoms with van der Waals surface area (Å²) in [5, 5.41) is 2.86. The van der Waals surface area contributed by atoms with Gasteiger partial charge >= 0.3 is 0 Å². The van der Waals surface area contributed by atoms with Gasteiger partial charge in [-0.1, -0.05) is 0 Å². The molecule has 1 saturated heterocycles. The van der Waals surface area contributed by atoms with Gasteiger partial charge in [-0.15, -0.1) is 0 Å². The number of carbonyl (C=O) groups is 1. The summed E-state index contributed by atoms with van der Waals surface area (Å²) in [5.41, 5.74) is 8.24. The Hall–Kier alpha value is -1.75. The third-order valence-electron chi connectivity index (χ3n) is 3.90. The molecule has 20 heavy (non-hydrogen) atoms. The van der Waals surface area contributed by atoms with E-state index in [2.05, 4.69) is 29.1 Å². The number of benzene rings is 1. The summed E-state index contributed by atoms with van der Waals surface area (Å²) in [7, 11) is 2.13. The second-order valence-corrected chi connectivity index (χ2v) is 5.41. The van der Waals surface area contributed by atoms with E-state index in [1.165, 1.54) is 0 Å². The van der Waals surface area contributed by atoms with Crippen LogP contribution < -0.4 is 16.0 Å². The number of nitrogens with one attached hydrogen (secondary N) is 1. The lowest BCUT2D eigenvalue weighted by Gasteiger charge is -2.39. The van der Waals surface area contributed by atoms with Crippen LogP contribution in [0.5, 0.6) is 0 Å². The van der Waals surface area contributed by atoms with E-state index in [0.717, 1.165) is 25.3 Å². The number of hydrogen-bond acceptors (Lipinski definition) is 4. The van der Waals surface area contributed by atoms with Crippen LogP contribution in [0.25, 0.3) is 0 Å². The number of nitrogens with two attached hydrogens (primary N) is 1. The molecule has 1 amide bonds. The Morgan fingerprint density at radius 3 is 2.85 bits per heavy atom. The zero-order valence-electron chi connectivity index (χ0n) is 12.5. The largest absolute Gasteiger partial charge is 0.399 e. The van der Waals surface area contributed by atoms with Gasteiger partial charge in [0, 0.05) is 37.9 Å². The van der Waals surface area contributed by atoms with Crippen molar-refractivity contribution in [1.29, 1.82) is 0 Å². The van der Waals surface area contributed by atoms with Gasteiger partial charge in [-0.25, -0.2) is 0 Å². The molecule has 1 aliphatic heterocycles. The van der Waals surface area contributed by atoms with Gasteiger partial charge in [-0.2, -0.15) is 0 Å². The van der Waals surface area contributed by atoms with E-state index in [9.17, 15) is 4.79 Å². The van der Waals surface area contributed by atoms with E-state index in [4.69, 9.17) is 5.73 Å². The number of piperazine rings is 1. The zero-order chi connectivity index (χ0) is 14.7. The minimum Gasteiger partial charge on any atom is -0.399 e. The summed E-state index contributed by atoms with van der Waals surface area (Å²) in [4.78, 5) is 16.8. The summed E-state index contributed by atoms with van der Waals surface area (Å²) < 4.78 is 0. The fourth-order valence-corrected chi connectivity index (χ4v) is 2.53. The van der Waals surface area contributed by atoms with Crippen molar-refractivity contribution >= 4 is 17.3 Å². The Morgan fingerprint density at radius 2 is 2.20 bits per heavy atom. The van der Waals surface area contributed by atoms with Crippen molar-refractivity contribution in [3.05, 3.63) is 23.8 Å². The molecule has 0 saturated carbocycles. The number of rotatable bonds is 3. The van der Waals surface area contributed by atoms with Crippen LogP contribution in [0.1, 0.15) is 24.2 Å². The quantitative estimate of drug-likeness (QED) is 0.813. The molecule has 1 heterocycles. The smallest absolute Gasteiger partial charge is 0.253 e. The molecule has 1 aliphatic rings. The molecule has 1 unspecified atom stereocenters. The molecule has 0 aromatic heterocycles. The van der Waals surface area contributed by atoms with Crippen LogP contribution in [0.3, 0.4) is 0 Å². The highest BCUT2D eigenvalue weighted by atomic mass is 16.1. The van der Waals surface area contributed by atoms with Crippen LogP contribution >= 0.6 is 0 Å². The molecule has 1 atom stereocenters. The maximum Gasteiger partial charge on any atom is 0.253 e. The molecule has 1 aromatic rings. The fourth-order valence-electron chi connectivity index (χ4n) is 2.53. The lowest BCUT2D eigenvalue weighted by molar-refractivity contribution is 0.0956.